The lowest BCUT2D eigenvalue weighted by Gasteiger charge is -2.15. The first-order valence-electron chi connectivity index (χ1n) is 7.84. The van der Waals surface area contributed by atoms with Gasteiger partial charge in [-0.2, -0.15) is 0 Å². The van der Waals surface area contributed by atoms with Crippen molar-refractivity contribution in [1.29, 1.82) is 0 Å². The summed E-state index contributed by atoms with van der Waals surface area (Å²) in [5.74, 6) is -1.45. The first-order chi connectivity index (χ1) is 10.0. The van der Waals surface area contributed by atoms with Gasteiger partial charge in [0.1, 0.15) is 5.78 Å². The molecule has 0 bridgehead atoms. The number of hydrogen-bond acceptors (Lipinski definition) is 2. The molecule has 0 heterocycles. The SMILES string of the molecule is CCCCC[C@H](C)C(=O)C[C@@H](Cc1ccccc1)C(=O)O. The van der Waals surface area contributed by atoms with Crippen LogP contribution >= 0.6 is 0 Å². The standard InChI is InChI=1S/C18H26O3/c1-3-4-6-9-14(2)17(19)13-16(18(20)21)12-15-10-7-5-8-11-15/h5,7-8,10-11,14,16H,3-4,6,9,12-13H2,1-2H3,(H,20,21)/t14-,16+/m0/s1. The fourth-order valence-corrected chi connectivity index (χ4v) is 2.45. The number of Topliss-reactive ketones (excluding diaryl/α,β-unsaturated/α-hetero) is 1. The van der Waals surface area contributed by atoms with Crippen molar-refractivity contribution < 1.29 is 14.7 Å². The van der Waals surface area contributed by atoms with Gasteiger partial charge >= 0.3 is 5.97 Å². The normalized spacial score (nSPS) is 13.6. The largest absolute Gasteiger partial charge is 0.481 e. The number of rotatable bonds is 10. The predicted molar refractivity (Wildman–Crippen MR) is 84.2 cm³/mol. The smallest absolute Gasteiger partial charge is 0.307 e. The van der Waals surface area contributed by atoms with E-state index in [1.54, 1.807) is 0 Å². The minimum Gasteiger partial charge on any atom is -0.481 e. The molecule has 3 nitrogen and oxygen atoms in total. The van der Waals surface area contributed by atoms with Crippen LogP contribution in [0.1, 0.15) is 51.5 Å². The first kappa shape index (κ1) is 17.4. The lowest BCUT2D eigenvalue weighted by atomic mass is 9.88. The number of carboxylic acids is 1. The van der Waals surface area contributed by atoms with Gasteiger partial charge in [0, 0.05) is 12.3 Å². The molecule has 3 heteroatoms. The van der Waals surface area contributed by atoms with E-state index in [1.807, 2.05) is 37.3 Å². The van der Waals surface area contributed by atoms with Crippen LogP contribution in [0.3, 0.4) is 0 Å². The number of unbranched alkanes of at least 4 members (excludes halogenated alkanes) is 2. The van der Waals surface area contributed by atoms with Crippen LogP contribution in [0.5, 0.6) is 0 Å². The van der Waals surface area contributed by atoms with Gasteiger partial charge in [-0.25, -0.2) is 0 Å². The van der Waals surface area contributed by atoms with E-state index in [2.05, 4.69) is 6.92 Å². The zero-order chi connectivity index (χ0) is 15.7. The molecule has 0 unspecified atom stereocenters. The maximum atomic E-state index is 12.2. The predicted octanol–water partition coefficient (Wildman–Crippen LogP) is 4.11. The lowest BCUT2D eigenvalue weighted by molar-refractivity contribution is -0.144. The van der Waals surface area contributed by atoms with E-state index < -0.39 is 11.9 Å². The molecular formula is C18H26O3. The van der Waals surface area contributed by atoms with E-state index in [9.17, 15) is 14.7 Å². The topological polar surface area (TPSA) is 54.4 Å². The molecule has 0 aliphatic carbocycles. The van der Waals surface area contributed by atoms with Crippen molar-refractivity contribution in [3.63, 3.8) is 0 Å². The van der Waals surface area contributed by atoms with Crippen molar-refractivity contribution in [3.05, 3.63) is 35.9 Å². The third-order valence-corrected chi connectivity index (χ3v) is 3.91. The summed E-state index contributed by atoms with van der Waals surface area (Å²) in [7, 11) is 0. The summed E-state index contributed by atoms with van der Waals surface area (Å²) in [6.45, 7) is 4.05. The number of benzene rings is 1. The van der Waals surface area contributed by atoms with Crippen LogP contribution in [-0.4, -0.2) is 16.9 Å². The van der Waals surface area contributed by atoms with Gasteiger partial charge in [-0.1, -0.05) is 63.4 Å². The summed E-state index contributed by atoms with van der Waals surface area (Å²) in [6, 6.07) is 9.50. The highest BCUT2D eigenvalue weighted by atomic mass is 16.4. The fourth-order valence-electron chi connectivity index (χ4n) is 2.45. The van der Waals surface area contributed by atoms with Gasteiger partial charge in [-0.3, -0.25) is 9.59 Å². The molecule has 1 aromatic carbocycles. The Bertz CT molecular complexity index is 439. The summed E-state index contributed by atoms with van der Waals surface area (Å²) in [5.41, 5.74) is 0.969. The maximum absolute atomic E-state index is 12.2. The van der Waals surface area contributed by atoms with Crippen LogP contribution in [0, 0.1) is 11.8 Å². The molecule has 2 atom stereocenters. The molecule has 0 aliphatic heterocycles. The Morgan fingerprint density at radius 2 is 1.81 bits per heavy atom. The Labute approximate surface area is 127 Å². The van der Waals surface area contributed by atoms with E-state index >= 15 is 0 Å². The van der Waals surface area contributed by atoms with Gasteiger partial charge in [0.25, 0.3) is 0 Å². The highest BCUT2D eigenvalue weighted by molar-refractivity contribution is 5.85. The molecule has 1 aromatic rings. The lowest BCUT2D eigenvalue weighted by Crippen LogP contribution is -2.23. The number of ketones is 1. The van der Waals surface area contributed by atoms with Crippen molar-refractivity contribution >= 4 is 11.8 Å². The Hall–Kier alpha value is -1.64. The van der Waals surface area contributed by atoms with E-state index in [1.165, 1.54) is 0 Å². The zero-order valence-corrected chi connectivity index (χ0v) is 13.0. The molecule has 21 heavy (non-hydrogen) atoms. The highest BCUT2D eigenvalue weighted by Crippen LogP contribution is 2.18. The molecule has 1 N–H and O–H groups in total. The summed E-state index contributed by atoms with van der Waals surface area (Å²) in [5, 5.41) is 9.33. The fraction of sp³-hybridized carbons (Fsp3) is 0.556. The molecule has 0 spiro atoms. The molecule has 0 radical (unpaired) electrons. The monoisotopic (exact) mass is 290 g/mol. The van der Waals surface area contributed by atoms with E-state index in [4.69, 9.17) is 0 Å². The van der Waals surface area contributed by atoms with Crippen molar-refractivity contribution in [1.82, 2.24) is 0 Å². The molecule has 0 saturated heterocycles. The quantitative estimate of drug-likeness (QED) is 0.660. The van der Waals surface area contributed by atoms with Gasteiger partial charge in [0.15, 0.2) is 0 Å². The summed E-state index contributed by atoms with van der Waals surface area (Å²) < 4.78 is 0. The highest BCUT2D eigenvalue weighted by Gasteiger charge is 2.24. The molecule has 116 valence electrons. The van der Waals surface area contributed by atoms with Crippen LogP contribution in [0.25, 0.3) is 0 Å². The zero-order valence-electron chi connectivity index (χ0n) is 13.0. The molecule has 0 amide bonds. The molecule has 0 aromatic heterocycles. The van der Waals surface area contributed by atoms with Crippen LogP contribution < -0.4 is 0 Å². The van der Waals surface area contributed by atoms with Gasteiger partial charge in [-0.05, 0) is 18.4 Å². The second kappa shape index (κ2) is 9.32. The molecule has 0 aliphatic rings. The average Bonchev–Trinajstić information content (AvgIpc) is 2.47. The molecule has 0 fully saturated rings. The number of carboxylic acid groups (broad SMARTS) is 1. The van der Waals surface area contributed by atoms with Crippen molar-refractivity contribution in [2.75, 3.05) is 0 Å². The van der Waals surface area contributed by atoms with Crippen molar-refractivity contribution in [2.45, 2.75) is 52.4 Å². The molecule has 0 saturated carbocycles. The van der Waals surface area contributed by atoms with E-state index in [0.29, 0.717) is 6.42 Å². The van der Waals surface area contributed by atoms with Crippen LogP contribution in [0.2, 0.25) is 0 Å². The van der Waals surface area contributed by atoms with E-state index in [-0.39, 0.29) is 18.1 Å². The average molecular weight is 290 g/mol. The van der Waals surface area contributed by atoms with E-state index in [0.717, 1.165) is 31.2 Å². The third kappa shape index (κ3) is 6.56. The van der Waals surface area contributed by atoms with Crippen LogP contribution in [0.15, 0.2) is 30.3 Å². The number of carbonyl (C=O) groups excluding carboxylic acids is 1. The van der Waals surface area contributed by atoms with Crippen LogP contribution in [0.4, 0.5) is 0 Å². The number of hydrogen-bond donors (Lipinski definition) is 1. The Morgan fingerprint density at radius 1 is 1.14 bits per heavy atom. The van der Waals surface area contributed by atoms with Crippen molar-refractivity contribution in [3.8, 4) is 0 Å². The Morgan fingerprint density at radius 3 is 2.38 bits per heavy atom. The second-order valence-corrected chi connectivity index (χ2v) is 5.79. The molecule has 1 rings (SSSR count). The minimum atomic E-state index is -0.882. The maximum Gasteiger partial charge on any atom is 0.307 e. The van der Waals surface area contributed by atoms with Gasteiger partial charge in [0.2, 0.25) is 0 Å². The van der Waals surface area contributed by atoms with Crippen LogP contribution in [-0.2, 0) is 16.0 Å². The second-order valence-electron chi connectivity index (χ2n) is 5.79. The van der Waals surface area contributed by atoms with Gasteiger partial charge in [0.05, 0.1) is 5.92 Å². The molecular weight excluding hydrogens is 264 g/mol. The minimum absolute atomic E-state index is 0.0332. The van der Waals surface area contributed by atoms with Crippen molar-refractivity contribution in [2.24, 2.45) is 11.8 Å². The third-order valence-electron chi connectivity index (χ3n) is 3.91. The number of aliphatic carboxylic acids is 1. The summed E-state index contributed by atoms with van der Waals surface area (Å²) in [6.07, 6.45) is 4.72. The Kier molecular flexibility index (Phi) is 7.73. The first-order valence-corrected chi connectivity index (χ1v) is 7.84. The Balaban J connectivity index is 2.54. The summed E-state index contributed by atoms with van der Waals surface area (Å²) in [4.78, 5) is 23.5. The number of carbonyl (C=O) groups is 2. The summed E-state index contributed by atoms with van der Waals surface area (Å²) >= 11 is 0. The van der Waals surface area contributed by atoms with Gasteiger partial charge < -0.3 is 5.11 Å². The van der Waals surface area contributed by atoms with Gasteiger partial charge in [-0.15, -0.1) is 0 Å².